The van der Waals surface area contributed by atoms with Crippen molar-refractivity contribution in [2.45, 2.75) is 65.1 Å². The summed E-state index contributed by atoms with van der Waals surface area (Å²) >= 11 is 0. The van der Waals surface area contributed by atoms with E-state index in [-0.39, 0.29) is 12.0 Å². The van der Waals surface area contributed by atoms with Crippen LogP contribution in [0, 0.1) is 0 Å². The van der Waals surface area contributed by atoms with Gasteiger partial charge in [-0.3, -0.25) is 4.79 Å². The zero-order chi connectivity index (χ0) is 22.7. The summed E-state index contributed by atoms with van der Waals surface area (Å²) in [5, 5.41) is 3.58. The number of anilines is 1. The maximum absolute atomic E-state index is 12.0. The Hall–Kier alpha value is -2.67. The SMILES string of the molecule is CC(=O)N1CCc2c(nc(C3CCCN(C)C3)nc2NCc2cccc(OC(C)C)c2)C1. The molecular weight excluding hydrogens is 402 g/mol. The Morgan fingerprint density at radius 2 is 2.12 bits per heavy atom. The van der Waals surface area contributed by atoms with E-state index >= 15 is 0 Å². The van der Waals surface area contributed by atoms with Gasteiger partial charge in [0.1, 0.15) is 17.4 Å². The quantitative estimate of drug-likeness (QED) is 0.745. The van der Waals surface area contributed by atoms with Crippen molar-refractivity contribution in [1.29, 1.82) is 0 Å². The van der Waals surface area contributed by atoms with Gasteiger partial charge in [-0.25, -0.2) is 9.97 Å². The van der Waals surface area contributed by atoms with Gasteiger partial charge < -0.3 is 19.9 Å². The van der Waals surface area contributed by atoms with Crippen molar-refractivity contribution in [3.8, 4) is 5.75 Å². The number of likely N-dealkylation sites (tertiary alicyclic amines) is 1. The number of carbonyl (C=O) groups is 1. The van der Waals surface area contributed by atoms with Crippen molar-refractivity contribution in [3.63, 3.8) is 0 Å². The first-order valence-electron chi connectivity index (χ1n) is 11.7. The van der Waals surface area contributed by atoms with E-state index in [9.17, 15) is 4.79 Å². The first kappa shape index (κ1) is 22.5. The molecule has 3 heterocycles. The van der Waals surface area contributed by atoms with Crippen LogP contribution in [-0.2, 0) is 24.3 Å². The highest BCUT2D eigenvalue weighted by molar-refractivity contribution is 5.73. The normalized spacial score (nSPS) is 19.0. The van der Waals surface area contributed by atoms with Crippen molar-refractivity contribution in [2.24, 2.45) is 0 Å². The molecule has 7 heteroatoms. The molecule has 1 aromatic heterocycles. The van der Waals surface area contributed by atoms with Crippen molar-refractivity contribution in [2.75, 3.05) is 32.0 Å². The van der Waals surface area contributed by atoms with Crippen LogP contribution in [0.25, 0.3) is 0 Å². The lowest BCUT2D eigenvalue weighted by molar-refractivity contribution is -0.129. The number of benzene rings is 1. The third-order valence-corrected chi connectivity index (χ3v) is 6.25. The number of nitrogens with one attached hydrogen (secondary N) is 1. The van der Waals surface area contributed by atoms with Crippen LogP contribution in [0.5, 0.6) is 5.75 Å². The minimum Gasteiger partial charge on any atom is -0.491 e. The summed E-state index contributed by atoms with van der Waals surface area (Å²) in [7, 11) is 2.16. The minimum absolute atomic E-state index is 0.102. The van der Waals surface area contributed by atoms with Crippen LogP contribution < -0.4 is 10.1 Å². The predicted molar refractivity (Wildman–Crippen MR) is 126 cm³/mol. The fraction of sp³-hybridized carbons (Fsp3) is 0.560. The molecular formula is C25H35N5O2. The summed E-state index contributed by atoms with van der Waals surface area (Å²) in [4.78, 5) is 26.2. The number of aromatic nitrogens is 2. The zero-order valence-electron chi connectivity index (χ0n) is 19.7. The van der Waals surface area contributed by atoms with Crippen LogP contribution in [0.4, 0.5) is 5.82 Å². The van der Waals surface area contributed by atoms with Crippen LogP contribution in [0.15, 0.2) is 24.3 Å². The van der Waals surface area contributed by atoms with Gasteiger partial charge in [0.05, 0.1) is 18.3 Å². The second-order valence-corrected chi connectivity index (χ2v) is 9.32. The van der Waals surface area contributed by atoms with Gasteiger partial charge >= 0.3 is 0 Å². The fourth-order valence-electron chi connectivity index (χ4n) is 4.61. The number of hydrogen-bond donors (Lipinski definition) is 1. The Kier molecular flexibility index (Phi) is 6.94. The summed E-state index contributed by atoms with van der Waals surface area (Å²) in [5.41, 5.74) is 3.28. The van der Waals surface area contributed by atoms with E-state index in [0.29, 0.717) is 25.6 Å². The van der Waals surface area contributed by atoms with Gasteiger partial charge in [0.2, 0.25) is 5.91 Å². The average molecular weight is 438 g/mol. The van der Waals surface area contributed by atoms with E-state index in [0.717, 1.165) is 66.6 Å². The first-order valence-corrected chi connectivity index (χ1v) is 11.7. The zero-order valence-corrected chi connectivity index (χ0v) is 19.7. The number of likely N-dealkylation sites (N-methyl/N-ethyl adjacent to an activating group) is 1. The summed E-state index contributed by atoms with van der Waals surface area (Å²) in [6.07, 6.45) is 3.19. The molecule has 2 aliphatic heterocycles. The lowest BCUT2D eigenvalue weighted by Crippen LogP contribution is -2.36. The van der Waals surface area contributed by atoms with Gasteiger partial charge in [-0.15, -0.1) is 0 Å². The second-order valence-electron chi connectivity index (χ2n) is 9.32. The first-order chi connectivity index (χ1) is 15.4. The number of ether oxygens (including phenoxy) is 1. The molecule has 0 radical (unpaired) electrons. The Labute approximate surface area is 191 Å². The van der Waals surface area contributed by atoms with Gasteiger partial charge in [0.25, 0.3) is 0 Å². The molecule has 32 heavy (non-hydrogen) atoms. The summed E-state index contributed by atoms with van der Waals surface area (Å²) in [6.45, 7) is 9.74. The number of carbonyl (C=O) groups excluding carboxylic acids is 1. The van der Waals surface area contributed by atoms with E-state index in [2.05, 4.69) is 29.4 Å². The van der Waals surface area contributed by atoms with Crippen LogP contribution in [0.1, 0.15) is 62.2 Å². The van der Waals surface area contributed by atoms with Gasteiger partial charge in [-0.1, -0.05) is 12.1 Å². The molecule has 1 unspecified atom stereocenters. The average Bonchev–Trinajstić information content (AvgIpc) is 2.76. The van der Waals surface area contributed by atoms with Crippen LogP contribution in [-0.4, -0.2) is 58.5 Å². The molecule has 0 aliphatic carbocycles. The molecule has 172 valence electrons. The lowest BCUT2D eigenvalue weighted by Gasteiger charge is -2.32. The molecule has 1 aromatic carbocycles. The van der Waals surface area contributed by atoms with E-state index in [4.69, 9.17) is 14.7 Å². The van der Waals surface area contributed by atoms with Crippen LogP contribution in [0.2, 0.25) is 0 Å². The summed E-state index contributed by atoms with van der Waals surface area (Å²) in [5.74, 6) is 3.13. The number of nitrogens with zero attached hydrogens (tertiary/aromatic N) is 4. The maximum atomic E-state index is 12.0. The number of rotatable bonds is 6. The Morgan fingerprint density at radius 3 is 2.88 bits per heavy atom. The summed E-state index contributed by atoms with van der Waals surface area (Å²) in [6, 6.07) is 8.19. The van der Waals surface area contributed by atoms with Crippen LogP contribution >= 0.6 is 0 Å². The monoisotopic (exact) mass is 437 g/mol. The topological polar surface area (TPSA) is 70.6 Å². The lowest BCUT2D eigenvalue weighted by atomic mass is 9.96. The second kappa shape index (κ2) is 9.86. The highest BCUT2D eigenvalue weighted by Crippen LogP contribution is 2.30. The fourth-order valence-corrected chi connectivity index (χ4v) is 4.61. The van der Waals surface area contributed by atoms with E-state index in [1.807, 2.05) is 30.9 Å². The molecule has 1 saturated heterocycles. The van der Waals surface area contributed by atoms with Gasteiger partial charge in [-0.2, -0.15) is 0 Å². The number of piperidine rings is 1. The number of amides is 1. The molecule has 0 bridgehead atoms. The molecule has 2 aromatic rings. The highest BCUT2D eigenvalue weighted by atomic mass is 16.5. The minimum atomic E-state index is 0.102. The van der Waals surface area contributed by atoms with E-state index in [1.165, 1.54) is 0 Å². The van der Waals surface area contributed by atoms with Crippen molar-refractivity contribution in [1.82, 2.24) is 19.8 Å². The molecule has 7 nitrogen and oxygen atoms in total. The molecule has 1 N–H and O–H groups in total. The predicted octanol–water partition coefficient (Wildman–Crippen LogP) is 3.59. The molecule has 4 rings (SSSR count). The van der Waals surface area contributed by atoms with Crippen LogP contribution in [0.3, 0.4) is 0 Å². The Bertz CT molecular complexity index is 961. The van der Waals surface area contributed by atoms with Gasteiger partial charge in [0.15, 0.2) is 0 Å². The third-order valence-electron chi connectivity index (χ3n) is 6.25. The Morgan fingerprint density at radius 1 is 1.28 bits per heavy atom. The standard InChI is InChI=1S/C25H35N5O2/c1-17(2)32-21-9-5-7-19(13-21)14-26-25-22-10-12-30(18(3)31)16-23(22)27-24(28-25)20-8-6-11-29(4)15-20/h5,7,9,13,17,20H,6,8,10-12,14-16H2,1-4H3,(H,26,27,28). The number of hydrogen-bond acceptors (Lipinski definition) is 6. The van der Waals surface area contributed by atoms with Crippen molar-refractivity contribution >= 4 is 11.7 Å². The van der Waals surface area contributed by atoms with Gasteiger partial charge in [-0.05, 0) is 64.4 Å². The van der Waals surface area contributed by atoms with E-state index < -0.39 is 0 Å². The molecule has 0 saturated carbocycles. The highest BCUT2D eigenvalue weighted by Gasteiger charge is 2.27. The third kappa shape index (κ3) is 5.38. The van der Waals surface area contributed by atoms with Gasteiger partial charge in [0, 0.05) is 38.0 Å². The maximum Gasteiger partial charge on any atom is 0.219 e. The van der Waals surface area contributed by atoms with Crippen molar-refractivity contribution in [3.05, 3.63) is 46.9 Å². The summed E-state index contributed by atoms with van der Waals surface area (Å²) < 4.78 is 5.84. The molecule has 2 aliphatic rings. The molecule has 1 atom stereocenters. The smallest absolute Gasteiger partial charge is 0.219 e. The largest absolute Gasteiger partial charge is 0.491 e. The molecule has 1 fully saturated rings. The number of fused-ring (bicyclic) bond motifs is 1. The Balaban J connectivity index is 1.59. The molecule has 1 amide bonds. The van der Waals surface area contributed by atoms with Crippen molar-refractivity contribution < 1.29 is 9.53 Å². The van der Waals surface area contributed by atoms with E-state index in [1.54, 1.807) is 6.92 Å². The molecule has 0 spiro atoms.